The number of aromatic hydroxyl groups is 1. The van der Waals surface area contributed by atoms with Crippen LogP contribution in [0.15, 0.2) is 91.1 Å². The average Bonchev–Trinajstić information content (AvgIpc) is 3.26. The molecular weight excluding hydrogens is 502 g/mol. The molecule has 0 atom stereocenters. The van der Waals surface area contributed by atoms with Crippen molar-refractivity contribution in [2.45, 2.75) is 59.3 Å². The van der Waals surface area contributed by atoms with Crippen LogP contribution in [0.2, 0.25) is 0 Å². The second-order valence-corrected chi connectivity index (χ2v) is 13.0. The lowest BCUT2D eigenvalue weighted by atomic mass is 9.80. The molecule has 0 spiro atoms. The minimum atomic E-state index is -0.146. The number of fused-ring (bicyclic) bond motifs is 3. The Morgan fingerprint density at radius 2 is 1.39 bits per heavy atom. The summed E-state index contributed by atoms with van der Waals surface area (Å²) in [5.41, 5.74) is 8.92. The molecule has 4 heteroatoms. The van der Waals surface area contributed by atoms with Crippen molar-refractivity contribution in [2.24, 2.45) is 0 Å². The first-order chi connectivity index (χ1) is 19.4. The van der Waals surface area contributed by atoms with E-state index in [9.17, 15) is 5.11 Å². The van der Waals surface area contributed by atoms with Crippen LogP contribution < -0.4 is 0 Å². The molecule has 206 valence electrons. The summed E-state index contributed by atoms with van der Waals surface area (Å²) in [5.74, 6) is 1.16. The van der Waals surface area contributed by atoms with E-state index in [0.717, 1.165) is 44.9 Å². The Morgan fingerprint density at radius 1 is 0.659 bits per heavy atom. The normalized spacial score (nSPS) is 12.4. The summed E-state index contributed by atoms with van der Waals surface area (Å²) in [7, 11) is 0. The number of nitrogens with zero attached hydrogens (tertiary/aromatic N) is 3. The Balaban J connectivity index is 1.74. The number of rotatable bonds is 3. The molecule has 0 saturated carbocycles. The zero-order chi connectivity index (χ0) is 29.1. The van der Waals surface area contributed by atoms with Crippen molar-refractivity contribution in [3.63, 3.8) is 0 Å². The standard InChI is InChI=1S/C37H37N3O/c1-23-12-10-13-25(35(23)41)26-22-33-28(21-29(26)37(5,6)7)27-20-24(36(2,3)4)17-18-32(27)40(33)34-16-11-15-31(39-34)30-14-8-9-19-38-30/h8-22,41H,1-7H3. The van der Waals surface area contributed by atoms with Crippen LogP contribution in [0.4, 0.5) is 0 Å². The predicted molar refractivity (Wildman–Crippen MR) is 171 cm³/mol. The maximum absolute atomic E-state index is 11.2. The Kier molecular flexibility index (Phi) is 6.26. The fourth-order valence-corrected chi connectivity index (χ4v) is 5.70. The van der Waals surface area contributed by atoms with Crippen molar-refractivity contribution >= 4 is 21.8 Å². The van der Waals surface area contributed by atoms with Gasteiger partial charge in [-0.1, -0.05) is 77.9 Å². The second kappa shape index (κ2) is 9.59. The number of aromatic nitrogens is 3. The lowest BCUT2D eigenvalue weighted by Gasteiger charge is -2.24. The average molecular weight is 540 g/mol. The highest BCUT2D eigenvalue weighted by Crippen LogP contribution is 2.44. The lowest BCUT2D eigenvalue weighted by molar-refractivity contribution is 0.473. The second-order valence-electron chi connectivity index (χ2n) is 13.0. The molecule has 1 N–H and O–H groups in total. The van der Waals surface area contributed by atoms with Crippen LogP contribution in [0.5, 0.6) is 5.75 Å². The topological polar surface area (TPSA) is 50.9 Å². The Morgan fingerprint density at radius 3 is 2.10 bits per heavy atom. The van der Waals surface area contributed by atoms with Gasteiger partial charge in [0.15, 0.2) is 0 Å². The number of aryl methyl sites for hydroxylation is 1. The fraction of sp³-hybridized carbons (Fsp3) is 0.243. The van der Waals surface area contributed by atoms with Gasteiger partial charge in [0.25, 0.3) is 0 Å². The Labute approximate surface area is 242 Å². The van der Waals surface area contributed by atoms with E-state index in [1.165, 1.54) is 21.9 Å². The van der Waals surface area contributed by atoms with E-state index in [4.69, 9.17) is 4.98 Å². The van der Waals surface area contributed by atoms with E-state index in [1.807, 2.05) is 55.5 Å². The van der Waals surface area contributed by atoms with Crippen LogP contribution in [-0.4, -0.2) is 19.6 Å². The van der Waals surface area contributed by atoms with E-state index in [-0.39, 0.29) is 10.8 Å². The van der Waals surface area contributed by atoms with E-state index < -0.39 is 0 Å². The Hall–Kier alpha value is -4.44. The zero-order valence-electron chi connectivity index (χ0n) is 24.9. The van der Waals surface area contributed by atoms with Gasteiger partial charge in [0, 0.05) is 22.5 Å². The molecule has 0 saturated heterocycles. The quantitative estimate of drug-likeness (QED) is 0.244. The van der Waals surface area contributed by atoms with Crippen LogP contribution in [0.25, 0.3) is 50.1 Å². The zero-order valence-corrected chi connectivity index (χ0v) is 24.9. The SMILES string of the molecule is Cc1cccc(-c2cc3c(cc2C(C)(C)C)c2cc(C(C)(C)C)ccc2n3-c2cccc(-c3ccccn3)n2)c1O. The van der Waals surface area contributed by atoms with E-state index in [0.29, 0.717) is 5.75 Å². The summed E-state index contributed by atoms with van der Waals surface area (Å²) in [6.45, 7) is 15.4. The molecule has 0 aliphatic rings. The highest BCUT2D eigenvalue weighted by molar-refractivity contribution is 6.11. The van der Waals surface area contributed by atoms with Crippen LogP contribution in [0.3, 0.4) is 0 Å². The van der Waals surface area contributed by atoms with Crippen molar-refractivity contribution in [3.8, 4) is 34.1 Å². The molecule has 0 amide bonds. The van der Waals surface area contributed by atoms with Crippen LogP contribution in [0, 0.1) is 6.92 Å². The summed E-state index contributed by atoms with van der Waals surface area (Å²) < 4.78 is 2.26. The van der Waals surface area contributed by atoms with Gasteiger partial charge < -0.3 is 5.11 Å². The van der Waals surface area contributed by atoms with Gasteiger partial charge in [0.2, 0.25) is 0 Å². The van der Waals surface area contributed by atoms with Gasteiger partial charge in [-0.15, -0.1) is 0 Å². The van der Waals surface area contributed by atoms with Gasteiger partial charge in [-0.25, -0.2) is 4.98 Å². The Bertz CT molecular complexity index is 1920. The van der Waals surface area contributed by atoms with E-state index in [2.05, 4.69) is 87.5 Å². The molecule has 0 bridgehead atoms. The van der Waals surface area contributed by atoms with Crippen LogP contribution >= 0.6 is 0 Å². The van der Waals surface area contributed by atoms with Crippen molar-refractivity contribution in [3.05, 3.63) is 108 Å². The molecule has 6 aromatic rings. The summed E-state index contributed by atoms with van der Waals surface area (Å²) in [6.07, 6.45) is 1.80. The molecule has 6 rings (SSSR count). The highest BCUT2D eigenvalue weighted by atomic mass is 16.3. The summed E-state index contributed by atoms with van der Waals surface area (Å²) in [5, 5.41) is 13.6. The number of phenolic OH excluding ortho intramolecular Hbond substituents is 1. The predicted octanol–water partition coefficient (Wildman–Crippen LogP) is 9.52. The van der Waals surface area contributed by atoms with Crippen LogP contribution in [0.1, 0.15) is 58.2 Å². The first-order valence-electron chi connectivity index (χ1n) is 14.2. The number of para-hydroxylation sites is 1. The maximum Gasteiger partial charge on any atom is 0.138 e. The number of benzene rings is 3. The molecule has 0 unspecified atom stereocenters. The van der Waals surface area contributed by atoms with Crippen molar-refractivity contribution in [1.29, 1.82) is 0 Å². The lowest BCUT2D eigenvalue weighted by Crippen LogP contribution is -2.13. The van der Waals surface area contributed by atoms with Gasteiger partial charge in [-0.2, -0.15) is 0 Å². The molecule has 0 radical (unpaired) electrons. The molecule has 0 aliphatic heterocycles. The molecule has 0 fully saturated rings. The summed E-state index contributed by atoms with van der Waals surface area (Å²) in [6, 6.07) is 29.4. The molecular formula is C37H37N3O. The van der Waals surface area contributed by atoms with Gasteiger partial charge in [-0.3, -0.25) is 9.55 Å². The number of pyridine rings is 2. The monoisotopic (exact) mass is 539 g/mol. The molecule has 4 nitrogen and oxygen atoms in total. The third-order valence-electron chi connectivity index (χ3n) is 8.00. The fourth-order valence-electron chi connectivity index (χ4n) is 5.70. The smallest absolute Gasteiger partial charge is 0.138 e. The molecule has 0 aliphatic carbocycles. The number of phenols is 1. The first-order valence-corrected chi connectivity index (χ1v) is 14.2. The minimum Gasteiger partial charge on any atom is -0.507 e. The van der Waals surface area contributed by atoms with Gasteiger partial charge in [0.05, 0.1) is 22.4 Å². The summed E-state index contributed by atoms with van der Waals surface area (Å²) >= 11 is 0. The molecule has 41 heavy (non-hydrogen) atoms. The minimum absolute atomic E-state index is 0.0138. The van der Waals surface area contributed by atoms with Crippen molar-refractivity contribution in [1.82, 2.24) is 14.5 Å². The third kappa shape index (κ3) is 4.67. The number of hydrogen-bond acceptors (Lipinski definition) is 3. The molecule has 3 aromatic heterocycles. The van der Waals surface area contributed by atoms with Crippen LogP contribution in [-0.2, 0) is 10.8 Å². The van der Waals surface area contributed by atoms with E-state index >= 15 is 0 Å². The summed E-state index contributed by atoms with van der Waals surface area (Å²) in [4.78, 5) is 9.66. The van der Waals surface area contributed by atoms with Crippen molar-refractivity contribution < 1.29 is 5.11 Å². The number of hydrogen-bond donors (Lipinski definition) is 1. The van der Waals surface area contributed by atoms with Gasteiger partial charge in [-0.05, 0) is 88.5 Å². The van der Waals surface area contributed by atoms with Gasteiger partial charge >= 0.3 is 0 Å². The highest BCUT2D eigenvalue weighted by Gasteiger charge is 2.25. The first kappa shape index (κ1) is 26.8. The largest absolute Gasteiger partial charge is 0.507 e. The molecule has 3 heterocycles. The third-order valence-corrected chi connectivity index (χ3v) is 8.00. The van der Waals surface area contributed by atoms with Crippen molar-refractivity contribution in [2.75, 3.05) is 0 Å². The maximum atomic E-state index is 11.2. The van der Waals surface area contributed by atoms with Gasteiger partial charge in [0.1, 0.15) is 11.6 Å². The van der Waals surface area contributed by atoms with E-state index in [1.54, 1.807) is 6.20 Å². The molecule has 3 aromatic carbocycles.